The van der Waals surface area contributed by atoms with Crippen molar-refractivity contribution in [1.82, 2.24) is 5.06 Å². The molecule has 5 rings (SSSR count). The van der Waals surface area contributed by atoms with Crippen LogP contribution in [0.2, 0.25) is 20.1 Å². The zero-order valence-electron chi connectivity index (χ0n) is 19.2. The minimum absolute atomic E-state index is 0.0106. The van der Waals surface area contributed by atoms with Gasteiger partial charge in [0.1, 0.15) is 15.7 Å². The second-order valence-electron chi connectivity index (χ2n) is 8.44. The molecular weight excluding hydrogens is 658 g/mol. The molecule has 2 heterocycles. The van der Waals surface area contributed by atoms with Gasteiger partial charge in [0.05, 0.1) is 26.0 Å². The van der Waals surface area contributed by atoms with E-state index in [1.807, 2.05) is 0 Å². The van der Waals surface area contributed by atoms with E-state index in [0.29, 0.717) is 6.20 Å². The van der Waals surface area contributed by atoms with Crippen LogP contribution in [-0.2, 0) is 43.1 Å². The highest BCUT2D eigenvalue weighted by Crippen LogP contribution is 2.45. The third kappa shape index (κ3) is 4.77. The molecule has 0 bridgehead atoms. The Morgan fingerprint density at radius 3 is 1.95 bits per heavy atom. The summed E-state index contributed by atoms with van der Waals surface area (Å²) < 4.78 is 61.3. The molecule has 0 N–H and O–H groups in total. The Morgan fingerprint density at radius 2 is 1.38 bits per heavy atom. The van der Waals surface area contributed by atoms with Crippen molar-refractivity contribution in [3.05, 3.63) is 84.3 Å². The van der Waals surface area contributed by atoms with Gasteiger partial charge < -0.3 is 0 Å². The Bertz CT molecular complexity index is 1850. The van der Waals surface area contributed by atoms with Gasteiger partial charge in [-0.3, -0.25) is 14.4 Å². The predicted octanol–water partition coefficient (Wildman–Crippen LogP) is 3.58. The average molecular weight is 669 g/mol. The number of hydrogen-bond acceptors (Lipinski definition) is 10. The van der Waals surface area contributed by atoms with E-state index in [4.69, 9.17) is 54.9 Å². The van der Waals surface area contributed by atoms with Crippen molar-refractivity contribution in [1.29, 1.82) is 0 Å². The van der Waals surface area contributed by atoms with Crippen molar-refractivity contribution in [3.63, 3.8) is 0 Å². The molecule has 2 unspecified atom stereocenters. The number of carbonyl (C=O) groups excluding carboxylic acids is 3. The topological polar surface area (TPSA) is 161 Å². The van der Waals surface area contributed by atoms with Crippen LogP contribution in [0.1, 0.15) is 6.42 Å². The number of amides is 2. The first-order valence-electron chi connectivity index (χ1n) is 10.7. The fourth-order valence-electron chi connectivity index (χ4n) is 4.27. The van der Waals surface area contributed by atoms with Gasteiger partial charge in [-0.25, -0.2) is 0 Å². The van der Waals surface area contributed by atoms with Crippen molar-refractivity contribution in [2.24, 2.45) is 5.92 Å². The van der Waals surface area contributed by atoms with E-state index in [1.165, 1.54) is 18.2 Å². The van der Waals surface area contributed by atoms with Gasteiger partial charge in [-0.05, 0) is 36.4 Å². The Balaban J connectivity index is 1.46. The summed E-state index contributed by atoms with van der Waals surface area (Å²) in [5.41, 5.74) is -1.33. The number of nitrogens with zero attached hydrogens (tertiary/aromatic N) is 2. The number of hydroxylamine groups is 2. The molecule has 0 saturated carbocycles. The molecule has 2 atom stereocenters. The molecule has 1 aliphatic carbocycles. The van der Waals surface area contributed by atoms with Crippen molar-refractivity contribution >= 4 is 84.2 Å². The molecule has 2 aromatic carbocycles. The SMILES string of the molecule is O=C1CC2=C(C(=O)N(OS(=O)(=O)c3cc(Cl)ccc3Cl)C2=O)C2=C[N+](=O)C(OS(=O)(=O)c3cc(Cl)ccc3Cl)C12. The molecule has 0 fully saturated rings. The summed E-state index contributed by atoms with van der Waals surface area (Å²) in [4.78, 5) is 50.7. The Kier molecular flexibility index (Phi) is 7.20. The lowest BCUT2D eigenvalue weighted by Crippen LogP contribution is -2.37. The van der Waals surface area contributed by atoms with E-state index in [-0.39, 0.29) is 35.5 Å². The lowest BCUT2D eigenvalue weighted by molar-refractivity contribution is -0.555. The number of Topliss-reactive ketones (excluding diaryl/α,β-unsaturated/α-hetero) is 1. The van der Waals surface area contributed by atoms with Crippen molar-refractivity contribution < 1.29 is 44.4 Å². The molecule has 2 amide bonds. The zero-order chi connectivity index (χ0) is 29.3. The maximum atomic E-state index is 13.2. The standard InChI is InChI=1S/C22H11Cl4N2O10S2/c23-9-1-3-13(25)16(5-9)39(33,34)37-22-19-12(8-27(22)32)18-11(7-15(19)29)20(30)28(21(18)31)38-40(35,36)17-6-10(24)2-4-14(17)26/h1-6,8,19,22H,7H2/q+1. The summed E-state index contributed by atoms with van der Waals surface area (Å²) in [7, 11) is -9.66. The van der Waals surface area contributed by atoms with Crippen molar-refractivity contribution in [2.75, 3.05) is 0 Å². The van der Waals surface area contributed by atoms with Gasteiger partial charge in [0, 0.05) is 26.9 Å². The molecule has 12 nitrogen and oxygen atoms in total. The zero-order valence-corrected chi connectivity index (χ0v) is 23.9. The highest BCUT2D eigenvalue weighted by atomic mass is 35.5. The van der Waals surface area contributed by atoms with Crippen LogP contribution in [-0.4, -0.2) is 50.5 Å². The first kappa shape index (κ1) is 28.8. The van der Waals surface area contributed by atoms with Gasteiger partial charge in [-0.2, -0.15) is 21.0 Å². The third-order valence-electron chi connectivity index (χ3n) is 5.99. The van der Waals surface area contributed by atoms with E-state index in [2.05, 4.69) is 0 Å². The maximum absolute atomic E-state index is 13.2. The predicted molar refractivity (Wildman–Crippen MR) is 137 cm³/mol. The summed E-state index contributed by atoms with van der Waals surface area (Å²) >= 11 is 23.5. The van der Waals surface area contributed by atoms with Crippen molar-refractivity contribution in [3.8, 4) is 0 Å². The second kappa shape index (κ2) is 9.99. The molecule has 0 radical (unpaired) electrons. The molecular formula is C22H11Cl4N2O10S2+. The van der Waals surface area contributed by atoms with Gasteiger partial charge in [0.25, 0.3) is 11.8 Å². The summed E-state index contributed by atoms with van der Waals surface area (Å²) in [5.74, 6) is -5.10. The van der Waals surface area contributed by atoms with Crippen LogP contribution in [0.4, 0.5) is 0 Å². The highest BCUT2D eigenvalue weighted by Gasteiger charge is 2.59. The number of rotatable bonds is 6. The number of carbonyl (C=O) groups is 3. The lowest BCUT2D eigenvalue weighted by Gasteiger charge is -2.19. The number of imide groups is 1. The minimum Gasteiger partial charge on any atom is -0.298 e. The van der Waals surface area contributed by atoms with E-state index >= 15 is 0 Å². The van der Waals surface area contributed by atoms with Gasteiger partial charge in [-0.15, -0.1) is 9.35 Å². The van der Waals surface area contributed by atoms with Gasteiger partial charge in [0.15, 0.2) is 5.78 Å². The fraction of sp³-hybridized carbons (Fsp3) is 0.136. The lowest BCUT2D eigenvalue weighted by atomic mass is 9.80. The van der Waals surface area contributed by atoms with Crippen LogP contribution in [0.5, 0.6) is 0 Å². The normalized spacial score (nSPS) is 21.2. The van der Waals surface area contributed by atoms with Gasteiger partial charge >= 0.3 is 26.5 Å². The molecule has 2 aromatic rings. The summed E-state index contributed by atoms with van der Waals surface area (Å²) in [6.45, 7) is 0. The number of ketones is 1. The molecule has 40 heavy (non-hydrogen) atoms. The Morgan fingerprint density at radius 1 is 0.825 bits per heavy atom. The molecule has 2 aliphatic heterocycles. The van der Waals surface area contributed by atoms with Gasteiger partial charge in [-0.1, -0.05) is 46.4 Å². The van der Waals surface area contributed by atoms with Crippen LogP contribution in [0, 0.1) is 10.8 Å². The maximum Gasteiger partial charge on any atom is 0.339 e. The van der Waals surface area contributed by atoms with E-state index < -0.39 is 77.3 Å². The molecule has 0 saturated heterocycles. The Hall–Kier alpha value is -2.69. The van der Waals surface area contributed by atoms with Crippen LogP contribution >= 0.6 is 46.4 Å². The van der Waals surface area contributed by atoms with E-state index in [1.54, 1.807) is 0 Å². The smallest absolute Gasteiger partial charge is 0.298 e. The molecule has 0 spiro atoms. The van der Waals surface area contributed by atoms with E-state index in [9.17, 15) is 36.1 Å². The van der Waals surface area contributed by atoms with Crippen LogP contribution in [0.25, 0.3) is 0 Å². The van der Waals surface area contributed by atoms with Crippen LogP contribution in [0.15, 0.2) is 69.1 Å². The van der Waals surface area contributed by atoms with E-state index in [0.717, 1.165) is 18.2 Å². The fourth-order valence-corrected chi connectivity index (χ4v) is 7.67. The van der Waals surface area contributed by atoms with Crippen molar-refractivity contribution in [2.45, 2.75) is 22.4 Å². The number of benzene rings is 2. The first-order chi connectivity index (χ1) is 18.6. The number of fused-ring (bicyclic) bond motifs is 2. The van der Waals surface area contributed by atoms with Crippen LogP contribution < -0.4 is 0 Å². The summed E-state index contributed by atoms with van der Waals surface area (Å²) in [6, 6.07) is 6.84. The number of nitroso groups, excluding NO2 is 1. The van der Waals surface area contributed by atoms with Gasteiger partial charge in [0.2, 0.25) is 6.20 Å². The first-order valence-corrected chi connectivity index (χ1v) is 15.1. The quantitative estimate of drug-likeness (QED) is 0.253. The molecule has 208 valence electrons. The minimum atomic E-state index is -4.89. The number of halogens is 4. The molecule has 3 aliphatic rings. The highest BCUT2D eigenvalue weighted by molar-refractivity contribution is 7.87. The molecule has 18 heteroatoms. The second-order valence-corrected chi connectivity index (χ2v) is 13.2. The number of hydrogen-bond donors (Lipinski definition) is 0. The Labute approximate surface area is 245 Å². The summed E-state index contributed by atoms with van der Waals surface area (Å²) in [5, 5.41) is -0.748. The summed E-state index contributed by atoms with van der Waals surface area (Å²) in [6.07, 6.45) is -2.07. The largest absolute Gasteiger partial charge is 0.339 e. The third-order valence-corrected chi connectivity index (χ3v) is 9.89. The average Bonchev–Trinajstić information content (AvgIpc) is 3.30. The molecule has 0 aromatic heterocycles. The monoisotopic (exact) mass is 667 g/mol. The van der Waals surface area contributed by atoms with Crippen LogP contribution in [0.3, 0.4) is 0 Å².